The molecule has 1 aliphatic heterocycles. The molecule has 1 aromatic carbocycles. The molecular formula is C18H20N4OS. The Morgan fingerprint density at radius 2 is 1.75 bits per heavy atom. The number of benzene rings is 1. The van der Waals surface area contributed by atoms with Gasteiger partial charge in [-0.25, -0.2) is 4.98 Å². The Bertz CT molecular complexity index is 831. The van der Waals surface area contributed by atoms with Crippen molar-refractivity contribution in [3.8, 4) is 22.2 Å². The lowest BCUT2D eigenvalue weighted by Gasteiger charge is -2.28. The summed E-state index contributed by atoms with van der Waals surface area (Å²) in [7, 11) is 0. The number of piperidine rings is 1. The molecule has 0 amide bonds. The molecule has 3 heterocycles. The van der Waals surface area contributed by atoms with Crippen LogP contribution >= 0.6 is 11.3 Å². The van der Waals surface area contributed by atoms with E-state index in [1.54, 1.807) is 11.3 Å². The zero-order chi connectivity index (χ0) is 16.5. The van der Waals surface area contributed by atoms with E-state index in [1.807, 2.05) is 13.8 Å². The van der Waals surface area contributed by atoms with E-state index >= 15 is 0 Å². The summed E-state index contributed by atoms with van der Waals surface area (Å²) in [5.74, 6) is 1.17. The van der Waals surface area contributed by atoms with Gasteiger partial charge in [-0.05, 0) is 57.4 Å². The SMILES string of the molecule is Cc1nc(C)c(-c2nc(-c3ccc(N4CCCCC4)cc3)no2)s1. The fourth-order valence-electron chi connectivity index (χ4n) is 3.14. The van der Waals surface area contributed by atoms with Gasteiger partial charge in [0, 0.05) is 24.3 Å². The van der Waals surface area contributed by atoms with Gasteiger partial charge in [0.15, 0.2) is 0 Å². The van der Waals surface area contributed by atoms with E-state index < -0.39 is 0 Å². The highest BCUT2D eigenvalue weighted by Crippen LogP contribution is 2.30. The molecule has 6 heteroatoms. The zero-order valence-electron chi connectivity index (χ0n) is 14.0. The van der Waals surface area contributed by atoms with Crippen LogP contribution in [0, 0.1) is 13.8 Å². The largest absolute Gasteiger partial charge is 0.372 e. The minimum absolute atomic E-state index is 0.549. The lowest BCUT2D eigenvalue weighted by Crippen LogP contribution is -2.29. The normalized spacial score (nSPS) is 15.0. The molecule has 5 nitrogen and oxygen atoms in total. The first-order valence-electron chi connectivity index (χ1n) is 8.34. The molecule has 0 unspecified atom stereocenters. The number of aryl methyl sites for hydroxylation is 2. The number of nitrogens with zero attached hydrogens (tertiary/aromatic N) is 4. The van der Waals surface area contributed by atoms with Crippen molar-refractivity contribution in [3.63, 3.8) is 0 Å². The lowest BCUT2D eigenvalue weighted by molar-refractivity contribution is 0.433. The molecule has 3 aromatic rings. The van der Waals surface area contributed by atoms with Crippen LogP contribution in [0.2, 0.25) is 0 Å². The molecule has 0 spiro atoms. The van der Waals surface area contributed by atoms with Crippen LogP contribution in [0.25, 0.3) is 22.2 Å². The Hall–Kier alpha value is -2.21. The van der Waals surface area contributed by atoms with E-state index in [1.165, 1.54) is 24.9 Å². The molecule has 24 heavy (non-hydrogen) atoms. The molecule has 4 rings (SSSR count). The summed E-state index contributed by atoms with van der Waals surface area (Å²) in [5.41, 5.74) is 3.19. The molecular weight excluding hydrogens is 320 g/mol. The van der Waals surface area contributed by atoms with Crippen molar-refractivity contribution in [2.75, 3.05) is 18.0 Å². The number of anilines is 1. The molecule has 2 aromatic heterocycles. The predicted octanol–water partition coefficient (Wildman–Crippen LogP) is 4.47. The van der Waals surface area contributed by atoms with E-state index in [0.717, 1.165) is 34.2 Å². The quantitative estimate of drug-likeness (QED) is 0.704. The molecule has 0 aliphatic carbocycles. The van der Waals surface area contributed by atoms with E-state index in [4.69, 9.17) is 4.52 Å². The molecule has 0 bridgehead atoms. The van der Waals surface area contributed by atoms with Crippen LogP contribution in [0.15, 0.2) is 28.8 Å². The second kappa shape index (κ2) is 6.36. The van der Waals surface area contributed by atoms with Crippen molar-refractivity contribution in [3.05, 3.63) is 35.0 Å². The van der Waals surface area contributed by atoms with Crippen LogP contribution in [-0.4, -0.2) is 28.2 Å². The number of thiazole rings is 1. The first-order chi connectivity index (χ1) is 11.7. The Kier molecular flexibility index (Phi) is 4.06. The second-order valence-corrected chi connectivity index (χ2v) is 7.37. The molecule has 124 valence electrons. The number of hydrogen-bond donors (Lipinski definition) is 0. The summed E-state index contributed by atoms with van der Waals surface area (Å²) in [4.78, 5) is 12.4. The highest BCUT2D eigenvalue weighted by atomic mass is 32.1. The van der Waals surface area contributed by atoms with E-state index in [9.17, 15) is 0 Å². The van der Waals surface area contributed by atoms with Crippen molar-refractivity contribution in [1.82, 2.24) is 15.1 Å². The Labute approximate surface area is 145 Å². The third kappa shape index (κ3) is 2.94. The molecule has 1 saturated heterocycles. The Balaban J connectivity index is 1.57. The summed E-state index contributed by atoms with van der Waals surface area (Å²) >= 11 is 1.58. The first-order valence-corrected chi connectivity index (χ1v) is 9.16. The standard InChI is InChI=1S/C18H20N4OS/c1-12-16(24-13(2)19-12)18-20-17(21-23-18)14-6-8-15(9-7-14)22-10-4-3-5-11-22/h6-9H,3-5,10-11H2,1-2H3. The van der Waals surface area contributed by atoms with Gasteiger partial charge in [-0.3, -0.25) is 0 Å². The van der Waals surface area contributed by atoms with Gasteiger partial charge in [0.1, 0.15) is 4.88 Å². The minimum atomic E-state index is 0.549. The smallest absolute Gasteiger partial charge is 0.270 e. The van der Waals surface area contributed by atoms with Gasteiger partial charge >= 0.3 is 0 Å². The second-order valence-electron chi connectivity index (χ2n) is 6.17. The molecule has 0 N–H and O–H groups in total. The van der Waals surface area contributed by atoms with Crippen LogP contribution in [0.5, 0.6) is 0 Å². The first kappa shape index (κ1) is 15.3. The van der Waals surface area contributed by atoms with Gasteiger partial charge in [-0.2, -0.15) is 4.98 Å². The average Bonchev–Trinajstić information content (AvgIpc) is 3.22. The molecule has 0 saturated carbocycles. The van der Waals surface area contributed by atoms with Crippen molar-refractivity contribution >= 4 is 17.0 Å². The van der Waals surface area contributed by atoms with Crippen molar-refractivity contribution in [2.24, 2.45) is 0 Å². The highest BCUT2D eigenvalue weighted by Gasteiger charge is 2.16. The summed E-state index contributed by atoms with van der Waals surface area (Å²) in [5, 5.41) is 5.14. The topological polar surface area (TPSA) is 55.1 Å². The van der Waals surface area contributed by atoms with Gasteiger partial charge in [-0.15, -0.1) is 11.3 Å². The van der Waals surface area contributed by atoms with Gasteiger partial charge in [0.25, 0.3) is 5.89 Å². The summed E-state index contributed by atoms with van der Waals surface area (Å²) < 4.78 is 5.44. The van der Waals surface area contributed by atoms with Gasteiger partial charge in [0.05, 0.1) is 10.7 Å². The third-order valence-electron chi connectivity index (χ3n) is 4.37. The van der Waals surface area contributed by atoms with Crippen molar-refractivity contribution < 1.29 is 4.52 Å². The van der Waals surface area contributed by atoms with Crippen LogP contribution in [0.3, 0.4) is 0 Å². The molecule has 1 aliphatic rings. The van der Waals surface area contributed by atoms with E-state index in [-0.39, 0.29) is 0 Å². The molecule has 1 fully saturated rings. The minimum Gasteiger partial charge on any atom is -0.372 e. The van der Waals surface area contributed by atoms with Gasteiger partial charge in [0.2, 0.25) is 5.82 Å². The van der Waals surface area contributed by atoms with E-state index in [0.29, 0.717) is 11.7 Å². The maximum atomic E-state index is 5.44. The Morgan fingerprint density at radius 1 is 1.00 bits per heavy atom. The molecule has 0 radical (unpaired) electrons. The number of hydrogen-bond acceptors (Lipinski definition) is 6. The van der Waals surface area contributed by atoms with Crippen LogP contribution < -0.4 is 4.90 Å². The predicted molar refractivity (Wildman–Crippen MR) is 96.4 cm³/mol. The number of rotatable bonds is 3. The van der Waals surface area contributed by atoms with Crippen LogP contribution in [0.4, 0.5) is 5.69 Å². The number of aromatic nitrogens is 3. The fourth-order valence-corrected chi connectivity index (χ4v) is 3.98. The highest BCUT2D eigenvalue weighted by molar-refractivity contribution is 7.15. The summed E-state index contributed by atoms with van der Waals surface area (Å²) in [6.45, 7) is 6.25. The van der Waals surface area contributed by atoms with Crippen LogP contribution in [0.1, 0.15) is 30.0 Å². The monoisotopic (exact) mass is 340 g/mol. The van der Waals surface area contributed by atoms with Gasteiger partial charge in [-0.1, -0.05) is 5.16 Å². The summed E-state index contributed by atoms with van der Waals surface area (Å²) in [6.07, 6.45) is 3.91. The molecule has 0 atom stereocenters. The summed E-state index contributed by atoms with van der Waals surface area (Å²) in [6, 6.07) is 8.45. The Morgan fingerprint density at radius 3 is 2.42 bits per heavy atom. The van der Waals surface area contributed by atoms with Crippen molar-refractivity contribution in [1.29, 1.82) is 0 Å². The van der Waals surface area contributed by atoms with E-state index in [2.05, 4.69) is 44.3 Å². The fraction of sp³-hybridized carbons (Fsp3) is 0.389. The maximum Gasteiger partial charge on any atom is 0.270 e. The average molecular weight is 340 g/mol. The van der Waals surface area contributed by atoms with Crippen LogP contribution in [-0.2, 0) is 0 Å². The third-order valence-corrected chi connectivity index (χ3v) is 5.43. The zero-order valence-corrected chi connectivity index (χ0v) is 14.8. The lowest BCUT2D eigenvalue weighted by atomic mass is 10.1. The van der Waals surface area contributed by atoms with Gasteiger partial charge < -0.3 is 9.42 Å². The maximum absolute atomic E-state index is 5.44. The van der Waals surface area contributed by atoms with Crippen molar-refractivity contribution in [2.45, 2.75) is 33.1 Å².